The van der Waals surface area contributed by atoms with Crippen LogP contribution in [-0.4, -0.2) is 26.3 Å². The SMILES string of the molecule is COCC1(C(C)C)CC1CNC(C)C. The quantitative estimate of drug-likeness (QED) is 0.708. The molecule has 0 bridgehead atoms. The lowest BCUT2D eigenvalue weighted by atomic mass is 9.90. The first kappa shape index (κ1) is 12.0. The predicted octanol–water partition coefficient (Wildman–Crippen LogP) is 2.29. The van der Waals surface area contributed by atoms with Crippen LogP contribution in [0.3, 0.4) is 0 Å². The van der Waals surface area contributed by atoms with Crippen LogP contribution in [0.15, 0.2) is 0 Å². The summed E-state index contributed by atoms with van der Waals surface area (Å²) in [5.74, 6) is 1.56. The van der Waals surface area contributed by atoms with Gasteiger partial charge in [0.1, 0.15) is 0 Å². The van der Waals surface area contributed by atoms with Gasteiger partial charge in [-0.1, -0.05) is 27.7 Å². The fourth-order valence-corrected chi connectivity index (χ4v) is 2.37. The number of ether oxygens (including phenoxy) is 1. The van der Waals surface area contributed by atoms with Crippen LogP contribution in [-0.2, 0) is 4.74 Å². The minimum absolute atomic E-state index is 0.469. The summed E-state index contributed by atoms with van der Waals surface area (Å²) in [5.41, 5.74) is 0.469. The molecule has 1 N–H and O–H groups in total. The summed E-state index contributed by atoms with van der Waals surface area (Å²) in [6.07, 6.45) is 1.33. The second-order valence-corrected chi connectivity index (χ2v) is 5.28. The van der Waals surface area contributed by atoms with Gasteiger partial charge in [-0.15, -0.1) is 0 Å². The van der Waals surface area contributed by atoms with E-state index in [1.165, 1.54) is 6.42 Å². The van der Waals surface area contributed by atoms with Crippen molar-refractivity contribution in [3.63, 3.8) is 0 Å². The zero-order valence-corrected chi connectivity index (χ0v) is 10.3. The van der Waals surface area contributed by atoms with E-state index in [0.717, 1.165) is 25.0 Å². The molecule has 1 saturated carbocycles. The molecule has 0 aromatic rings. The molecule has 0 radical (unpaired) electrons. The fourth-order valence-electron chi connectivity index (χ4n) is 2.37. The van der Waals surface area contributed by atoms with Crippen molar-refractivity contribution in [2.45, 2.75) is 40.2 Å². The van der Waals surface area contributed by atoms with Gasteiger partial charge in [-0.25, -0.2) is 0 Å². The van der Waals surface area contributed by atoms with Gasteiger partial charge in [0.15, 0.2) is 0 Å². The first-order chi connectivity index (χ1) is 6.53. The lowest BCUT2D eigenvalue weighted by Gasteiger charge is -2.21. The third kappa shape index (κ3) is 2.48. The number of methoxy groups -OCH3 is 1. The molecule has 0 aromatic heterocycles. The highest BCUT2D eigenvalue weighted by molar-refractivity contribution is 5.05. The molecule has 1 aliphatic rings. The summed E-state index contributed by atoms with van der Waals surface area (Å²) in [4.78, 5) is 0. The first-order valence-corrected chi connectivity index (χ1v) is 5.75. The van der Waals surface area contributed by atoms with E-state index in [1.54, 1.807) is 0 Å². The normalized spacial score (nSPS) is 31.5. The Kier molecular flexibility index (Phi) is 3.96. The summed E-state index contributed by atoms with van der Waals surface area (Å²) in [6, 6.07) is 0.600. The maximum absolute atomic E-state index is 5.34. The summed E-state index contributed by atoms with van der Waals surface area (Å²) in [5, 5.41) is 3.52. The van der Waals surface area contributed by atoms with Gasteiger partial charge in [0.2, 0.25) is 0 Å². The molecule has 0 amide bonds. The Balaban J connectivity index is 2.37. The minimum Gasteiger partial charge on any atom is -0.384 e. The van der Waals surface area contributed by atoms with Crippen LogP contribution < -0.4 is 5.32 Å². The monoisotopic (exact) mass is 199 g/mol. The van der Waals surface area contributed by atoms with E-state index in [4.69, 9.17) is 4.74 Å². The van der Waals surface area contributed by atoms with Crippen molar-refractivity contribution >= 4 is 0 Å². The molecule has 0 heterocycles. The molecule has 0 aliphatic heterocycles. The van der Waals surface area contributed by atoms with Crippen LogP contribution in [0.2, 0.25) is 0 Å². The smallest absolute Gasteiger partial charge is 0.0524 e. The molecule has 0 spiro atoms. The van der Waals surface area contributed by atoms with E-state index >= 15 is 0 Å². The van der Waals surface area contributed by atoms with Crippen molar-refractivity contribution < 1.29 is 4.74 Å². The molecule has 2 unspecified atom stereocenters. The maximum Gasteiger partial charge on any atom is 0.0524 e. The van der Waals surface area contributed by atoms with Crippen LogP contribution in [0.25, 0.3) is 0 Å². The molecule has 2 heteroatoms. The number of nitrogens with one attached hydrogen (secondary N) is 1. The topological polar surface area (TPSA) is 21.3 Å². The van der Waals surface area contributed by atoms with Crippen molar-refractivity contribution in [3.8, 4) is 0 Å². The molecule has 2 nitrogen and oxygen atoms in total. The molecular weight excluding hydrogens is 174 g/mol. The molecule has 0 saturated heterocycles. The summed E-state index contributed by atoms with van der Waals surface area (Å²) < 4.78 is 5.34. The van der Waals surface area contributed by atoms with Crippen molar-refractivity contribution in [2.75, 3.05) is 20.3 Å². The van der Waals surface area contributed by atoms with Crippen molar-refractivity contribution in [2.24, 2.45) is 17.3 Å². The lowest BCUT2D eigenvalue weighted by Crippen LogP contribution is -2.29. The molecule has 84 valence electrons. The summed E-state index contributed by atoms with van der Waals surface area (Å²) >= 11 is 0. The zero-order valence-electron chi connectivity index (χ0n) is 10.3. The first-order valence-electron chi connectivity index (χ1n) is 5.75. The van der Waals surface area contributed by atoms with E-state index in [9.17, 15) is 0 Å². The average Bonchev–Trinajstić information content (AvgIpc) is 2.77. The highest BCUT2D eigenvalue weighted by Crippen LogP contribution is 2.57. The summed E-state index contributed by atoms with van der Waals surface area (Å²) in [6.45, 7) is 11.1. The Morgan fingerprint density at radius 1 is 1.36 bits per heavy atom. The minimum atomic E-state index is 0.469. The van der Waals surface area contributed by atoms with Gasteiger partial charge in [0.25, 0.3) is 0 Å². The number of hydrogen-bond acceptors (Lipinski definition) is 2. The Bertz CT molecular complexity index is 179. The Labute approximate surface area is 88.4 Å². The van der Waals surface area contributed by atoms with Crippen LogP contribution >= 0.6 is 0 Å². The third-order valence-corrected chi connectivity index (χ3v) is 3.61. The fraction of sp³-hybridized carbons (Fsp3) is 1.00. The molecule has 1 fully saturated rings. The van der Waals surface area contributed by atoms with Gasteiger partial charge in [-0.2, -0.15) is 0 Å². The third-order valence-electron chi connectivity index (χ3n) is 3.61. The van der Waals surface area contributed by atoms with Gasteiger partial charge < -0.3 is 10.1 Å². The average molecular weight is 199 g/mol. The van der Waals surface area contributed by atoms with Crippen LogP contribution in [0, 0.1) is 17.3 Å². The second-order valence-electron chi connectivity index (χ2n) is 5.28. The van der Waals surface area contributed by atoms with E-state index in [2.05, 4.69) is 33.0 Å². The Morgan fingerprint density at radius 2 is 2.00 bits per heavy atom. The molecule has 1 rings (SSSR count). The molecule has 2 atom stereocenters. The van der Waals surface area contributed by atoms with Gasteiger partial charge in [-0.3, -0.25) is 0 Å². The van der Waals surface area contributed by atoms with Gasteiger partial charge >= 0.3 is 0 Å². The van der Waals surface area contributed by atoms with Crippen LogP contribution in [0.5, 0.6) is 0 Å². The Hall–Kier alpha value is -0.0800. The van der Waals surface area contributed by atoms with E-state index in [1.807, 2.05) is 7.11 Å². The zero-order chi connectivity index (χ0) is 10.8. The number of hydrogen-bond donors (Lipinski definition) is 1. The van der Waals surface area contributed by atoms with Gasteiger partial charge in [0, 0.05) is 18.6 Å². The molecule has 1 aliphatic carbocycles. The standard InChI is InChI=1S/C12H25NO/c1-9(2)12(8-14-5)6-11(12)7-13-10(3)4/h9-11,13H,6-8H2,1-5H3. The highest BCUT2D eigenvalue weighted by atomic mass is 16.5. The Morgan fingerprint density at radius 3 is 2.43 bits per heavy atom. The summed E-state index contributed by atoms with van der Waals surface area (Å²) in [7, 11) is 1.81. The largest absolute Gasteiger partial charge is 0.384 e. The van der Waals surface area contributed by atoms with Crippen LogP contribution in [0.1, 0.15) is 34.1 Å². The highest BCUT2D eigenvalue weighted by Gasteiger charge is 2.55. The molecule has 0 aromatic carbocycles. The van der Waals surface area contributed by atoms with E-state index < -0.39 is 0 Å². The molecular formula is C12H25NO. The van der Waals surface area contributed by atoms with Gasteiger partial charge in [-0.05, 0) is 24.8 Å². The van der Waals surface area contributed by atoms with Crippen molar-refractivity contribution in [3.05, 3.63) is 0 Å². The van der Waals surface area contributed by atoms with Gasteiger partial charge in [0.05, 0.1) is 6.61 Å². The van der Waals surface area contributed by atoms with Crippen molar-refractivity contribution in [1.82, 2.24) is 5.32 Å². The van der Waals surface area contributed by atoms with E-state index in [-0.39, 0.29) is 0 Å². The van der Waals surface area contributed by atoms with Crippen molar-refractivity contribution in [1.29, 1.82) is 0 Å². The lowest BCUT2D eigenvalue weighted by molar-refractivity contribution is 0.104. The number of rotatable bonds is 6. The second kappa shape index (κ2) is 4.63. The predicted molar refractivity (Wildman–Crippen MR) is 60.4 cm³/mol. The van der Waals surface area contributed by atoms with Crippen LogP contribution in [0.4, 0.5) is 0 Å². The molecule has 14 heavy (non-hydrogen) atoms. The maximum atomic E-state index is 5.34. The van der Waals surface area contributed by atoms with E-state index in [0.29, 0.717) is 11.5 Å².